The van der Waals surface area contributed by atoms with Gasteiger partial charge < -0.3 is 13.9 Å². The highest BCUT2D eigenvalue weighted by atomic mass is 16.3. The minimum Gasteiger partial charge on any atom is -0.456 e. The van der Waals surface area contributed by atoms with Gasteiger partial charge >= 0.3 is 0 Å². The third-order valence-corrected chi connectivity index (χ3v) is 9.99. The first-order valence-corrected chi connectivity index (χ1v) is 17.4. The number of furan rings is 1. The fourth-order valence-corrected chi connectivity index (χ4v) is 7.67. The number of aromatic nitrogens is 1. The van der Waals surface area contributed by atoms with Crippen LogP contribution >= 0.6 is 0 Å². The van der Waals surface area contributed by atoms with Crippen molar-refractivity contribution in [3.8, 4) is 27.9 Å². The second-order valence-electron chi connectivity index (χ2n) is 13.0. The molecule has 51 heavy (non-hydrogen) atoms. The van der Waals surface area contributed by atoms with Crippen molar-refractivity contribution in [1.29, 1.82) is 0 Å². The van der Waals surface area contributed by atoms with Gasteiger partial charge in [0.15, 0.2) is 0 Å². The Kier molecular flexibility index (Phi) is 6.81. The van der Waals surface area contributed by atoms with Crippen LogP contribution in [0, 0.1) is 0 Å². The molecular weight excluding hydrogens is 621 g/mol. The highest BCUT2D eigenvalue weighted by Gasteiger charge is 2.17. The van der Waals surface area contributed by atoms with Crippen LogP contribution in [-0.2, 0) is 0 Å². The van der Waals surface area contributed by atoms with Gasteiger partial charge in [0.05, 0.1) is 11.0 Å². The lowest BCUT2D eigenvalue weighted by atomic mass is 9.94. The lowest BCUT2D eigenvalue weighted by molar-refractivity contribution is 0.669. The van der Waals surface area contributed by atoms with Crippen molar-refractivity contribution in [2.75, 3.05) is 4.90 Å². The summed E-state index contributed by atoms with van der Waals surface area (Å²) >= 11 is 0. The largest absolute Gasteiger partial charge is 0.456 e. The van der Waals surface area contributed by atoms with Gasteiger partial charge in [0.25, 0.3) is 0 Å². The summed E-state index contributed by atoms with van der Waals surface area (Å²) in [6.07, 6.45) is 0. The summed E-state index contributed by atoms with van der Waals surface area (Å²) in [4.78, 5) is 2.34. The van der Waals surface area contributed by atoms with Crippen LogP contribution in [0.5, 0.6) is 0 Å². The molecule has 0 spiro atoms. The van der Waals surface area contributed by atoms with Crippen LogP contribution in [0.25, 0.3) is 71.7 Å². The maximum atomic E-state index is 6.25. The maximum absolute atomic E-state index is 6.25. The Balaban J connectivity index is 1.06. The Morgan fingerprint density at radius 2 is 0.902 bits per heavy atom. The lowest BCUT2D eigenvalue weighted by Gasteiger charge is -2.26. The van der Waals surface area contributed by atoms with Gasteiger partial charge in [-0.05, 0) is 95.1 Å². The minimum atomic E-state index is 0.903. The number of hydrogen-bond acceptors (Lipinski definition) is 2. The van der Waals surface area contributed by atoms with Crippen molar-refractivity contribution in [3.05, 3.63) is 194 Å². The second kappa shape index (κ2) is 11.9. The standard InChI is InChI=1S/C48H32N2O/c1-2-13-35(14-3-1)49(37-15-12-16-38(32-37)50-45-22-9-6-19-41(45)42-20-7-10-23-46(42)50)36-28-25-33(26-29-36)39-17-4-5-18-40(39)34-27-30-44-43-21-8-11-24-47(43)51-48(44)31-34/h1-32H. The molecule has 0 saturated carbocycles. The van der Waals surface area contributed by atoms with E-state index in [2.05, 4.69) is 191 Å². The van der Waals surface area contributed by atoms with Crippen LogP contribution in [0.2, 0.25) is 0 Å². The molecule has 0 unspecified atom stereocenters. The summed E-state index contributed by atoms with van der Waals surface area (Å²) in [7, 11) is 0. The number of rotatable bonds is 6. The molecule has 0 fully saturated rings. The average molecular weight is 653 g/mol. The zero-order valence-electron chi connectivity index (χ0n) is 27.8. The van der Waals surface area contributed by atoms with Crippen molar-refractivity contribution in [1.82, 2.24) is 4.57 Å². The lowest BCUT2D eigenvalue weighted by Crippen LogP contribution is -2.10. The zero-order chi connectivity index (χ0) is 33.7. The Hall–Kier alpha value is -6.84. The highest BCUT2D eigenvalue weighted by Crippen LogP contribution is 2.40. The van der Waals surface area contributed by atoms with E-state index in [1.165, 1.54) is 32.9 Å². The second-order valence-corrected chi connectivity index (χ2v) is 13.0. The van der Waals surface area contributed by atoms with Gasteiger partial charge in [-0.2, -0.15) is 0 Å². The molecule has 0 bridgehead atoms. The van der Waals surface area contributed by atoms with Crippen LogP contribution in [-0.4, -0.2) is 4.57 Å². The number of fused-ring (bicyclic) bond motifs is 6. The van der Waals surface area contributed by atoms with Crippen LogP contribution in [0.4, 0.5) is 17.1 Å². The Morgan fingerprint density at radius 3 is 1.65 bits per heavy atom. The number of para-hydroxylation sites is 4. The smallest absolute Gasteiger partial charge is 0.136 e. The van der Waals surface area contributed by atoms with E-state index in [1.807, 2.05) is 12.1 Å². The Bertz CT molecular complexity index is 2810. The Labute approximate surface area is 295 Å². The SMILES string of the molecule is c1ccc(N(c2ccc(-c3ccccc3-c3ccc4c(c3)oc3ccccc34)cc2)c2cccc(-n3c4ccccc4c4ccccc43)c2)cc1. The van der Waals surface area contributed by atoms with Gasteiger partial charge in [-0.1, -0.05) is 121 Å². The minimum absolute atomic E-state index is 0.903. The fraction of sp³-hybridized carbons (Fsp3) is 0. The number of benzene rings is 8. The van der Waals surface area contributed by atoms with Crippen molar-refractivity contribution < 1.29 is 4.42 Å². The summed E-state index contributed by atoms with van der Waals surface area (Å²) in [5, 5.41) is 4.80. The van der Waals surface area contributed by atoms with Crippen LogP contribution in [0.15, 0.2) is 199 Å². The summed E-state index contributed by atoms with van der Waals surface area (Å²) in [6.45, 7) is 0. The molecule has 2 aromatic heterocycles. The number of nitrogens with zero attached hydrogens (tertiary/aromatic N) is 2. The summed E-state index contributed by atoms with van der Waals surface area (Å²) < 4.78 is 8.63. The van der Waals surface area contributed by atoms with E-state index in [0.29, 0.717) is 0 Å². The van der Waals surface area contributed by atoms with Crippen LogP contribution in [0.3, 0.4) is 0 Å². The molecule has 0 N–H and O–H groups in total. The van der Waals surface area contributed by atoms with Crippen molar-refractivity contribution in [3.63, 3.8) is 0 Å². The molecule has 8 aromatic carbocycles. The molecule has 3 nitrogen and oxygen atoms in total. The third kappa shape index (κ3) is 4.90. The van der Waals surface area contributed by atoms with Gasteiger partial charge in [0.1, 0.15) is 11.2 Å². The molecule has 3 heteroatoms. The van der Waals surface area contributed by atoms with Gasteiger partial charge in [-0.25, -0.2) is 0 Å². The van der Waals surface area contributed by atoms with E-state index in [0.717, 1.165) is 55.8 Å². The number of hydrogen-bond donors (Lipinski definition) is 0. The monoisotopic (exact) mass is 652 g/mol. The van der Waals surface area contributed by atoms with Gasteiger partial charge in [-0.15, -0.1) is 0 Å². The van der Waals surface area contributed by atoms with E-state index in [9.17, 15) is 0 Å². The first-order chi connectivity index (χ1) is 25.3. The van der Waals surface area contributed by atoms with Crippen molar-refractivity contribution in [2.24, 2.45) is 0 Å². The molecule has 0 saturated heterocycles. The summed E-state index contributed by atoms with van der Waals surface area (Å²) in [5.74, 6) is 0. The topological polar surface area (TPSA) is 21.3 Å². The number of anilines is 3. The van der Waals surface area contributed by atoms with Crippen LogP contribution in [0.1, 0.15) is 0 Å². The van der Waals surface area contributed by atoms with E-state index in [1.54, 1.807) is 0 Å². The molecule has 2 heterocycles. The van der Waals surface area contributed by atoms with Crippen LogP contribution < -0.4 is 4.90 Å². The average Bonchev–Trinajstić information content (AvgIpc) is 3.74. The molecule has 0 aliphatic heterocycles. The molecule has 10 aromatic rings. The van der Waals surface area contributed by atoms with Crippen molar-refractivity contribution in [2.45, 2.75) is 0 Å². The normalized spacial score (nSPS) is 11.5. The summed E-state index contributed by atoms with van der Waals surface area (Å²) in [6, 6.07) is 69.1. The van der Waals surface area contributed by atoms with Gasteiger partial charge in [0, 0.05) is 44.3 Å². The first-order valence-electron chi connectivity index (χ1n) is 17.4. The molecule has 0 radical (unpaired) electrons. The van der Waals surface area contributed by atoms with E-state index < -0.39 is 0 Å². The first kappa shape index (κ1) is 29.1. The Morgan fingerprint density at radius 1 is 0.353 bits per heavy atom. The van der Waals surface area contributed by atoms with E-state index in [-0.39, 0.29) is 0 Å². The predicted octanol–water partition coefficient (Wildman–Crippen LogP) is 13.5. The van der Waals surface area contributed by atoms with E-state index >= 15 is 0 Å². The predicted molar refractivity (Wildman–Crippen MR) is 214 cm³/mol. The van der Waals surface area contributed by atoms with Gasteiger partial charge in [-0.3, -0.25) is 0 Å². The molecule has 0 amide bonds. The molecule has 0 aliphatic carbocycles. The third-order valence-electron chi connectivity index (χ3n) is 9.99. The zero-order valence-corrected chi connectivity index (χ0v) is 27.8. The molecule has 240 valence electrons. The molecule has 0 aliphatic rings. The van der Waals surface area contributed by atoms with E-state index in [4.69, 9.17) is 4.42 Å². The summed E-state index contributed by atoms with van der Waals surface area (Å²) in [5.41, 5.74) is 13.3. The fourth-order valence-electron chi connectivity index (χ4n) is 7.67. The quantitative estimate of drug-likeness (QED) is 0.178. The van der Waals surface area contributed by atoms with Gasteiger partial charge in [0.2, 0.25) is 0 Å². The highest BCUT2D eigenvalue weighted by molar-refractivity contribution is 6.09. The molecular formula is C48H32N2O. The molecule has 10 rings (SSSR count). The maximum Gasteiger partial charge on any atom is 0.136 e. The molecule has 0 atom stereocenters. The van der Waals surface area contributed by atoms with Crippen molar-refractivity contribution >= 4 is 60.8 Å².